The molecule has 0 bridgehead atoms. The van der Waals surface area contributed by atoms with E-state index in [1.165, 1.54) is 0 Å². The second-order valence-electron chi connectivity index (χ2n) is 3.25. The quantitative estimate of drug-likeness (QED) is 0.807. The maximum absolute atomic E-state index is 6.00. The van der Waals surface area contributed by atoms with Gasteiger partial charge in [0.15, 0.2) is 0 Å². The van der Waals surface area contributed by atoms with Crippen molar-refractivity contribution >= 4 is 17.4 Å². The Kier molecular flexibility index (Phi) is 3.55. The minimum Gasteiger partial charge on any atom is -0.370 e. The van der Waals surface area contributed by atoms with Crippen molar-refractivity contribution in [2.24, 2.45) is 0 Å². The topological polar surface area (TPSA) is 24.9 Å². The number of nitrogens with zero attached hydrogens (tertiary/aromatic N) is 1. The molecule has 13 heavy (non-hydrogen) atoms. The number of nitrogens with one attached hydrogen (secondary N) is 1. The monoisotopic (exact) mass is 198 g/mol. The molecule has 0 saturated heterocycles. The van der Waals surface area contributed by atoms with Gasteiger partial charge in [-0.25, -0.2) is 4.98 Å². The van der Waals surface area contributed by atoms with Gasteiger partial charge in [-0.15, -0.1) is 0 Å². The van der Waals surface area contributed by atoms with Gasteiger partial charge in [-0.05, 0) is 25.0 Å². The van der Waals surface area contributed by atoms with Crippen LogP contribution in [0.3, 0.4) is 0 Å². The molecule has 1 N–H and O–H groups in total. The van der Waals surface area contributed by atoms with E-state index in [1.54, 1.807) is 0 Å². The number of pyridine rings is 1. The van der Waals surface area contributed by atoms with Crippen LogP contribution < -0.4 is 5.32 Å². The number of hydrogen-bond donors (Lipinski definition) is 1. The molecule has 1 heterocycles. The summed E-state index contributed by atoms with van der Waals surface area (Å²) in [7, 11) is 0. The van der Waals surface area contributed by atoms with Gasteiger partial charge in [0.1, 0.15) is 5.82 Å². The lowest BCUT2D eigenvalue weighted by molar-refractivity contribution is 0.823. The SMILES string of the molecule is CCNc1ccc(Cl)c(C(C)C)n1. The predicted octanol–water partition coefficient (Wildman–Crippen LogP) is 3.29. The molecule has 2 nitrogen and oxygen atoms in total. The molecule has 0 fully saturated rings. The smallest absolute Gasteiger partial charge is 0.126 e. The molecule has 0 aliphatic rings. The van der Waals surface area contributed by atoms with Crippen LogP contribution >= 0.6 is 11.6 Å². The second kappa shape index (κ2) is 4.47. The molecule has 0 spiro atoms. The maximum Gasteiger partial charge on any atom is 0.126 e. The average Bonchev–Trinajstić information content (AvgIpc) is 2.08. The first kappa shape index (κ1) is 10.3. The molecular weight excluding hydrogens is 184 g/mol. The fraction of sp³-hybridized carbons (Fsp3) is 0.500. The van der Waals surface area contributed by atoms with Crippen molar-refractivity contribution < 1.29 is 0 Å². The van der Waals surface area contributed by atoms with Gasteiger partial charge in [0.2, 0.25) is 0 Å². The molecular formula is C10H15ClN2. The van der Waals surface area contributed by atoms with E-state index in [-0.39, 0.29) is 0 Å². The molecule has 0 amide bonds. The van der Waals surface area contributed by atoms with Crippen LogP contribution in [0.1, 0.15) is 32.4 Å². The number of hydrogen-bond acceptors (Lipinski definition) is 2. The van der Waals surface area contributed by atoms with Gasteiger partial charge in [-0.3, -0.25) is 0 Å². The van der Waals surface area contributed by atoms with Crippen molar-refractivity contribution in [1.29, 1.82) is 0 Å². The van der Waals surface area contributed by atoms with Gasteiger partial charge in [0.25, 0.3) is 0 Å². The zero-order valence-corrected chi connectivity index (χ0v) is 9.02. The molecule has 72 valence electrons. The molecule has 3 heteroatoms. The van der Waals surface area contributed by atoms with Crippen molar-refractivity contribution in [1.82, 2.24) is 4.98 Å². The zero-order valence-electron chi connectivity index (χ0n) is 8.26. The first-order valence-corrected chi connectivity index (χ1v) is 4.93. The molecule has 0 radical (unpaired) electrons. The number of rotatable bonds is 3. The Morgan fingerprint density at radius 1 is 1.46 bits per heavy atom. The molecule has 0 unspecified atom stereocenters. The molecule has 0 atom stereocenters. The lowest BCUT2D eigenvalue weighted by Gasteiger charge is -2.09. The summed E-state index contributed by atoms with van der Waals surface area (Å²) in [6.07, 6.45) is 0. The fourth-order valence-corrected chi connectivity index (χ4v) is 1.47. The summed E-state index contributed by atoms with van der Waals surface area (Å²) in [5.74, 6) is 1.27. The Hall–Kier alpha value is -0.760. The van der Waals surface area contributed by atoms with Crippen molar-refractivity contribution in [3.05, 3.63) is 22.8 Å². The third-order valence-electron chi connectivity index (χ3n) is 1.78. The molecule has 0 aliphatic heterocycles. The molecule has 1 aromatic rings. The summed E-state index contributed by atoms with van der Waals surface area (Å²) >= 11 is 6.00. The highest BCUT2D eigenvalue weighted by Crippen LogP contribution is 2.23. The summed E-state index contributed by atoms with van der Waals surface area (Å²) < 4.78 is 0. The first-order valence-electron chi connectivity index (χ1n) is 4.55. The minimum absolute atomic E-state index is 0.367. The minimum atomic E-state index is 0.367. The van der Waals surface area contributed by atoms with Crippen LogP contribution in [0.25, 0.3) is 0 Å². The van der Waals surface area contributed by atoms with E-state index in [0.29, 0.717) is 5.92 Å². The highest BCUT2D eigenvalue weighted by atomic mass is 35.5. The molecule has 0 saturated carbocycles. The van der Waals surface area contributed by atoms with E-state index in [4.69, 9.17) is 11.6 Å². The average molecular weight is 199 g/mol. The van der Waals surface area contributed by atoms with Crippen LogP contribution in [0.2, 0.25) is 5.02 Å². The van der Waals surface area contributed by atoms with Crippen LogP contribution in [-0.2, 0) is 0 Å². The van der Waals surface area contributed by atoms with E-state index >= 15 is 0 Å². The Morgan fingerprint density at radius 3 is 2.69 bits per heavy atom. The van der Waals surface area contributed by atoms with Crippen LogP contribution in [0.5, 0.6) is 0 Å². The molecule has 1 rings (SSSR count). The van der Waals surface area contributed by atoms with E-state index < -0.39 is 0 Å². The predicted molar refractivity (Wildman–Crippen MR) is 57.5 cm³/mol. The van der Waals surface area contributed by atoms with Gasteiger partial charge in [-0.2, -0.15) is 0 Å². The van der Waals surface area contributed by atoms with Gasteiger partial charge in [0.05, 0.1) is 10.7 Å². The van der Waals surface area contributed by atoms with Crippen molar-refractivity contribution in [3.8, 4) is 0 Å². The maximum atomic E-state index is 6.00. The molecule has 1 aromatic heterocycles. The summed E-state index contributed by atoms with van der Waals surface area (Å²) in [4.78, 5) is 4.42. The van der Waals surface area contributed by atoms with Gasteiger partial charge < -0.3 is 5.32 Å². The summed E-state index contributed by atoms with van der Waals surface area (Å²) in [6, 6.07) is 3.79. The molecule has 0 aromatic carbocycles. The largest absolute Gasteiger partial charge is 0.370 e. The Bertz CT molecular complexity index is 284. The number of halogens is 1. The summed E-state index contributed by atoms with van der Waals surface area (Å²) in [5, 5.41) is 3.91. The van der Waals surface area contributed by atoms with Crippen LogP contribution in [0.15, 0.2) is 12.1 Å². The lowest BCUT2D eigenvalue weighted by atomic mass is 10.1. The van der Waals surface area contributed by atoms with Crippen LogP contribution in [0, 0.1) is 0 Å². The van der Waals surface area contributed by atoms with Crippen molar-refractivity contribution in [3.63, 3.8) is 0 Å². The second-order valence-corrected chi connectivity index (χ2v) is 3.66. The highest BCUT2D eigenvalue weighted by molar-refractivity contribution is 6.31. The van der Waals surface area contributed by atoms with Crippen molar-refractivity contribution in [2.45, 2.75) is 26.7 Å². The first-order chi connectivity index (χ1) is 6.15. The summed E-state index contributed by atoms with van der Waals surface area (Å²) in [5.41, 5.74) is 0.958. The fourth-order valence-electron chi connectivity index (χ4n) is 1.14. The van der Waals surface area contributed by atoms with Crippen LogP contribution in [0.4, 0.5) is 5.82 Å². The zero-order chi connectivity index (χ0) is 9.84. The van der Waals surface area contributed by atoms with Crippen LogP contribution in [-0.4, -0.2) is 11.5 Å². The third-order valence-corrected chi connectivity index (χ3v) is 2.10. The van der Waals surface area contributed by atoms with E-state index in [0.717, 1.165) is 23.1 Å². The van der Waals surface area contributed by atoms with E-state index in [9.17, 15) is 0 Å². The van der Waals surface area contributed by atoms with Crippen molar-refractivity contribution in [2.75, 3.05) is 11.9 Å². The molecule has 0 aliphatic carbocycles. The Morgan fingerprint density at radius 2 is 2.15 bits per heavy atom. The lowest BCUT2D eigenvalue weighted by Crippen LogP contribution is -2.02. The standard InChI is InChI=1S/C10H15ClN2/c1-4-12-9-6-5-8(11)10(13-9)7(2)3/h5-7H,4H2,1-3H3,(H,12,13). The normalized spacial score (nSPS) is 10.5. The van der Waals surface area contributed by atoms with E-state index in [2.05, 4.69) is 24.1 Å². The Balaban J connectivity index is 2.97. The van der Waals surface area contributed by atoms with E-state index in [1.807, 2.05) is 19.1 Å². The Labute approximate surface area is 84.3 Å². The number of aromatic nitrogens is 1. The third kappa shape index (κ3) is 2.59. The summed E-state index contributed by atoms with van der Waals surface area (Å²) in [6.45, 7) is 7.10. The van der Waals surface area contributed by atoms with Gasteiger partial charge in [-0.1, -0.05) is 25.4 Å². The van der Waals surface area contributed by atoms with Gasteiger partial charge in [0, 0.05) is 6.54 Å². The van der Waals surface area contributed by atoms with Gasteiger partial charge >= 0.3 is 0 Å². The number of anilines is 1. The highest BCUT2D eigenvalue weighted by Gasteiger charge is 2.07.